The van der Waals surface area contributed by atoms with Gasteiger partial charge in [0, 0.05) is 17.0 Å². The molecule has 0 amide bonds. The van der Waals surface area contributed by atoms with E-state index in [4.69, 9.17) is 11.6 Å². The van der Waals surface area contributed by atoms with Crippen molar-refractivity contribution >= 4 is 28.6 Å². The molecule has 1 aromatic carbocycles. The van der Waals surface area contributed by atoms with Gasteiger partial charge in [-0.15, -0.1) is 0 Å². The number of hydrogen-bond donors (Lipinski definition) is 0. The number of aromatic nitrogens is 1. The molecular weight excluding hydrogens is 247 g/mol. The molecule has 0 saturated heterocycles. The van der Waals surface area contributed by atoms with Crippen molar-refractivity contribution in [3.8, 4) is 0 Å². The fourth-order valence-electron chi connectivity index (χ4n) is 1.40. The first-order valence-corrected chi connectivity index (χ1v) is 5.01. The van der Waals surface area contributed by atoms with Crippen molar-refractivity contribution in [3.63, 3.8) is 0 Å². The molecule has 0 fully saturated rings. The van der Waals surface area contributed by atoms with Crippen molar-refractivity contribution in [1.82, 2.24) is 4.98 Å². The summed E-state index contributed by atoms with van der Waals surface area (Å²) < 4.78 is 13.0. The summed E-state index contributed by atoms with van der Waals surface area (Å²) in [6.45, 7) is 0. The molecule has 0 bridgehead atoms. The van der Waals surface area contributed by atoms with Crippen molar-refractivity contribution in [2.75, 3.05) is 0 Å². The van der Waals surface area contributed by atoms with Crippen LogP contribution in [-0.2, 0) is 0 Å². The molecule has 4 nitrogen and oxygen atoms in total. The fourth-order valence-corrected chi connectivity index (χ4v) is 1.61. The Kier molecular flexibility index (Phi) is 3.01. The summed E-state index contributed by atoms with van der Waals surface area (Å²) in [5.74, 6) is -0.397. The van der Waals surface area contributed by atoms with E-state index in [0.717, 1.165) is 6.20 Å². The van der Waals surface area contributed by atoms with E-state index in [-0.39, 0.29) is 5.15 Å². The SMILES string of the molecule is O=[N+]([O-])C=Cc1cc2cc(F)ccc2nc1Cl. The van der Waals surface area contributed by atoms with Gasteiger partial charge in [-0.05, 0) is 24.3 Å². The zero-order valence-corrected chi connectivity index (χ0v) is 9.19. The number of benzene rings is 1. The lowest BCUT2D eigenvalue weighted by Crippen LogP contribution is -1.87. The first-order chi connectivity index (χ1) is 8.06. The Morgan fingerprint density at radius 2 is 2.18 bits per heavy atom. The Balaban J connectivity index is 2.57. The maximum Gasteiger partial charge on any atom is 0.235 e. The van der Waals surface area contributed by atoms with Crippen LogP contribution in [0.25, 0.3) is 17.0 Å². The van der Waals surface area contributed by atoms with E-state index in [1.165, 1.54) is 24.3 Å². The lowest BCUT2D eigenvalue weighted by Gasteiger charge is -2.01. The highest BCUT2D eigenvalue weighted by atomic mass is 35.5. The Labute approximate surface area is 100 Å². The van der Waals surface area contributed by atoms with E-state index in [1.807, 2.05) is 0 Å². The molecular formula is C11H6ClFN2O2. The van der Waals surface area contributed by atoms with E-state index in [9.17, 15) is 14.5 Å². The predicted octanol–water partition coefficient (Wildman–Crippen LogP) is 3.27. The van der Waals surface area contributed by atoms with Crippen LogP contribution in [0.3, 0.4) is 0 Å². The summed E-state index contributed by atoms with van der Waals surface area (Å²) in [6.07, 6.45) is 1.98. The van der Waals surface area contributed by atoms with Crippen LogP contribution in [-0.4, -0.2) is 9.91 Å². The van der Waals surface area contributed by atoms with E-state index in [1.54, 1.807) is 6.07 Å². The number of nitro groups is 1. The second-order valence-corrected chi connectivity index (χ2v) is 3.66. The van der Waals surface area contributed by atoms with Crippen molar-refractivity contribution in [1.29, 1.82) is 0 Å². The van der Waals surface area contributed by atoms with Crippen LogP contribution < -0.4 is 0 Å². The first-order valence-electron chi connectivity index (χ1n) is 4.64. The quantitative estimate of drug-likeness (QED) is 0.468. The van der Waals surface area contributed by atoms with Gasteiger partial charge >= 0.3 is 0 Å². The largest absolute Gasteiger partial charge is 0.259 e. The van der Waals surface area contributed by atoms with Gasteiger partial charge < -0.3 is 0 Å². The van der Waals surface area contributed by atoms with Crippen LogP contribution in [0.5, 0.6) is 0 Å². The summed E-state index contributed by atoms with van der Waals surface area (Å²) in [4.78, 5) is 13.6. The van der Waals surface area contributed by atoms with Crippen molar-refractivity contribution in [2.24, 2.45) is 0 Å². The van der Waals surface area contributed by atoms with Crippen LogP contribution in [0.15, 0.2) is 30.5 Å². The third kappa shape index (κ3) is 2.57. The maximum atomic E-state index is 13.0. The molecule has 0 aliphatic rings. The normalized spacial score (nSPS) is 11.2. The summed E-state index contributed by atoms with van der Waals surface area (Å²) in [5, 5.41) is 10.9. The Hall–Kier alpha value is -2.01. The molecule has 0 radical (unpaired) electrons. The van der Waals surface area contributed by atoms with Crippen molar-refractivity contribution < 1.29 is 9.31 Å². The second kappa shape index (κ2) is 4.47. The average molecular weight is 253 g/mol. The molecule has 0 N–H and O–H groups in total. The van der Waals surface area contributed by atoms with E-state index in [2.05, 4.69) is 4.98 Å². The summed E-state index contributed by atoms with van der Waals surface area (Å²) in [6, 6.07) is 5.62. The summed E-state index contributed by atoms with van der Waals surface area (Å²) >= 11 is 5.85. The topological polar surface area (TPSA) is 56.0 Å². The van der Waals surface area contributed by atoms with Crippen molar-refractivity contribution in [2.45, 2.75) is 0 Å². The number of fused-ring (bicyclic) bond motifs is 1. The summed E-state index contributed by atoms with van der Waals surface area (Å²) in [7, 11) is 0. The highest BCUT2D eigenvalue weighted by Gasteiger charge is 2.04. The van der Waals surface area contributed by atoms with Crippen LogP contribution in [0.1, 0.15) is 5.56 Å². The third-order valence-corrected chi connectivity index (χ3v) is 2.44. The first kappa shape index (κ1) is 11.5. The van der Waals surface area contributed by atoms with Gasteiger partial charge in [-0.1, -0.05) is 11.6 Å². The van der Waals surface area contributed by atoms with E-state index >= 15 is 0 Å². The Bertz CT molecular complexity index is 628. The molecule has 0 aliphatic carbocycles. The van der Waals surface area contributed by atoms with E-state index in [0.29, 0.717) is 16.5 Å². The lowest BCUT2D eigenvalue weighted by molar-refractivity contribution is -0.400. The highest BCUT2D eigenvalue weighted by Crippen LogP contribution is 2.22. The second-order valence-electron chi connectivity index (χ2n) is 3.31. The van der Waals surface area contributed by atoms with Crippen LogP contribution >= 0.6 is 11.6 Å². The molecule has 0 aliphatic heterocycles. The average Bonchev–Trinajstić information content (AvgIpc) is 2.26. The van der Waals surface area contributed by atoms with Gasteiger partial charge in [0.05, 0.1) is 10.4 Å². The van der Waals surface area contributed by atoms with Gasteiger partial charge in [-0.2, -0.15) is 0 Å². The standard InChI is InChI=1S/C11H6ClFN2O2/c12-11-7(3-4-15(16)17)5-8-6-9(13)1-2-10(8)14-11/h1-6H. The molecule has 0 atom stereocenters. The molecule has 1 aromatic heterocycles. The molecule has 2 rings (SSSR count). The van der Waals surface area contributed by atoms with Gasteiger partial charge in [-0.25, -0.2) is 9.37 Å². The minimum Gasteiger partial charge on any atom is -0.259 e. The maximum absolute atomic E-state index is 13.0. The van der Waals surface area contributed by atoms with Gasteiger partial charge in [0.2, 0.25) is 6.20 Å². The Morgan fingerprint density at radius 1 is 1.41 bits per heavy atom. The van der Waals surface area contributed by atoms with Crippen LogP contribution in [0.4, 0.5) is 4.39 Å². The smallest absolute Gasteiger partial charge is 0.235 e. The molecule has 6 heteroatoms. The number of pyridine rings is 1. The molecule has 0 unspecified atom stereocenters. The molecule has 0 saturated carbocycles. The number of nitrogens with zero attached hydrogens (tertiary/aromatic N) is 2. The number of rotatable bonds is 2. The lowest BCUT2D eigenvalue weighted by atomic mass is 10.1. The third-order valence-electron chi connectivity index (χ3n) is 2.13. The minimum absolute atomic E-state index is 0.141. The number of halogens is 2. The Morgan fingerprint density at radius 3 is 2.88 bits per heavy atom. The van der Waals surface area contributed by atoms with Gasteiger partial charge in [0.15, 0.2) is 0 Å². The molecule has 0 spiro atoms. The number of hydrogen-bond acceptors (Lipinski definition) is 3. The fraction of sp³-hybridized carbons (Fsp3) is 0. The zero-order chi connectivity index (χ0) is 12.4. The van der Waals surface area contributed by atoms with E-state index < -0.39 is 10.7 Å². The van der Waals surface area contributed by atoms with Crippen LogP contribution in [0, 0.1) is 15.9 Å². The van der Waals surface area contributed by atoms with Crippen molar-refractivity contribution in [3.05, 3.63) is 57.1 Å². The van der Waals surface area contributed by atoms with Gasteiger partial charge in [0.25, 0.3) is 0 Å². The highest BCUT2D eigenvalue weighted by molar-refractivity contribution is 6.31. The molecule has 2 aromatic rings. The predicted molar refractivity (Wildman–Crippen MR) is 62.7 cm³/mol. The summed E-state index contributed by atoms with van der Waals surface area (Å²) in [5.41, 5.74) is 0.913. The molecule has 1 heterocycles. The van der Waals surface area contributed by atoms with Gasteiger partial charge in [0.1, 0.15) is 11.0 Å². The molecule has 17 heavy (non-hydrogen) atoms. The van der Waals surface area contributed by atoms with Gasteiger partial charge in [-0.3, -0.25) is 10.1 Å². The molecule has 86 valence electrons. The van der Waals surface area contributed by atoms with Crippen LogP contribution in [0.2, 0.25) is 5.15 Å². The monoisotopic (exact) mass is 252 g/mol. The zero-order valence-electron chi connectivity index (χ0n) is 8.43. The minimum atomic E-state index is -0.605.